The molecular formula is C21H37N5. The smallest absolute Gasteiger partial charge is 0.191 e. The lowest BCUT2D eigenvalue weighted by Crippen LogP contribution is -2.39. The van der Waals surface area contributed by atoms with Crippen molar-refractivity contribution in [3.8, 4) is 0 Å². The third-order valence-corrected chi connectivity index (χ3v) is 4.84. The molecule has 26 heavy (non-hydrogen) atoms. The zero-order valence-corrected chi connectivity index (χ0v) is 16.9. The molecule has 2 heterocycles. The SMILES string of the molecule is CCNC(=NCCCCN1CC(C)CC(C)C1)NCCc1ccccn1. The molecule has 0 saturated carbocycles. The van der Waals surface area contributed by atoms with Gasteiger partial charge in [0, 0.05) is 51.0 Å². The highest BCUT2D eigenvalue weighted by atomic mass is 15.2. The van der Waals surface area contributed by atoms with Crippen LogP contribution in [0.1, 0.15) is 45.7 Å². The lowest BCUT2D eigenvalue weighted by Gasteiger charge is -2.34. The van der Waals surface area contributed by atoms with Gasteiger partial charge in [-0.2, -0.15) is 0 Å². The van der Waals surface area contributed by atoms with Crippen molar-refractivity contribution in [2.24, 2.45) is 16.8 Å². The summed E-state index contributed by atoms with van der Waals surface area (Å²) in [4.78, 5) is 11.7. The van der Waals surface area contributed by atoms with Crippen molar-refractivity contribution >= 4 is 5.96 Å². The number of nitrogens with one attached hydrogen (secondary N) is 2. The first-order valence-electron chi connectivity index (χ1n) is 10.3. The fourth-order valence-electron chi connectivity index (χ4n) is 3.81. The van der Waals surface area contributed by atoms with Crippen molar-refractivity contribution in [2.75, 3.05) is 39.3 Å². The topological polar surface area (TPSA) is 52.6 Å². The van der Waals surface area contributed by atoms with Crippen LogP contribution in [0, 0.1) is 11.8 Å². The van der Waals surface area contributed by atoms with E-state index in [0.717, 1.165) is 56.0 Å². The highest BCUT2D eigenvalue weighted by Crippen LogP contribution is 2.20. The number of pyridine rings is 1. The first-order chi connectivity index (χ1) is 12.7. The molecule has 0 aromatic carbocycles. The summed E-state index contributed by atoms with van der Waals surface area (Å²) in [7, 11) is 0. The molecule has 1 aliphatic rings. The molecule has 0 amide bonds. The molecular weight excluding hydrogens is 322 g/mol. The van der Waals surface area contributed by atoms with Crippen molar-refractivity contribution in [3.63, 3.8) is 0 Å². The second-order valence-corrected chi connectivity index (χ2v) is 7.67. The fourth-order valence-corrected chi connectivity index (χ4v) is 3.81. The molecule has 0 radical (unpaired) electrons. The second-order valence-electron chi connectivity index (χ2n) is 7.67. The Balaban J connectivity index is 1.63. The maximum atomic E-state index is 4.71. The molecule has 1 saturated heterocycles. The van der Waals surface area contributed by atoms with E-state index < -0.39 is 0 Å². The normalized spacial score (nSPS) is 21.6. The van der Waals surface area contributed by atoms with Crippen LogP contribution in [0.25, 0.3) is 0 Å². The van der Waals surface area contributed by atoms with Gasteiger partial charge in [0.25, 0.3) is 0 Å². The van der Waals surface area contributed by atoms with Crippen LogP contribution >= 0.6 is 0 Å². The number of unbranched alkanes of at least 4 members (excludes halogenated alkanes) is 1. The molecule has 5 heteroatoms. The molecule has 2 unspecified atom stereocenters. The predicted octanol–water partition coefficient (Wildman–Crippen LogP) is 2.94. The van der Waals surface area contributed by atoms with Crippen LogP contribution in [-0.2, 0) is 6.42 Å². The predicted molar refractivity (Wildman–Crippen MR) is 111 cm³/mol. The van der Waals surface area contributed by atoms with Crippen molar-refractivity contribution in [3.05, 3.63) is 30.1 Å². The van der Waals surface area contributed by atoms with Crippen LogP contribution in [0.2, 0.25) is 0 Å². The van der Waals surface area contributed by atoms with E-state index in [-0.39, 0.29) is 0 Å². The number of likely N-dealkylation sites (tertiary alicyclic amines) is 1. The van der Waals surface area contributed by atoms with Gasteiger partial charge in [-0.05, 0) is 56.7 Å². The van der Waals surface area contributed by atoms with E-state index in [0.29, 0.717) is 0 Å². The molecule has 0 aliphatic carbocycles. The monoisotopic (exact) mass is 359 g/mol. The van der Waals surface area contributed by atoms with Gasteiger partial charge in [0.1, 0.15) is 0 Å². The summed E-state index contributed by atoms with van der Waals surface area (Å²) >= 11 is 0. The number of aromatic nitrogens is 1. The molecule has 0 spiro atoms. The number of piperidine rings is 1. The first-order valence-corrected chi connectivity index (χ1v) is 10.3. The molecule has 146 valence electrons. The highest BCUT2D eigenvalue weighted by Gasteiger charge is 2.20. The van der Waals surface area contributed by atoms with Crippen molar-refractivity contribution < 1.29 is 0 Å². The third-order valence-electron chi connectivity index (χ3n) is 4.84. The van der Waals surface area contributed by atoms with E-state index >= 15 is 0 Å². The number of nitrogens with zero attached hydrogens (tertiary/aromatic N) is 3. The van der Waals surface area contributed by atoms with Gasteiger partial charge in [0.15, 0.2) is 5.96 Å². The minimum absolute atomic E-state index is 0.848. The van der Waals surface area contributed by atoms with Gasteiger partial charge < -0.3 is 15.5 Å². The van der Waals surface area contributed by atoms with Crippen LogP contribution in [0.5, 0.6) is 0 Å². The van der Waals surface area contributed by atoms with E-state index in [2.05, 4.69) is 47.4 Å². The van der Waals surface area contributed by atoms with Gasteiger partial charge in [0.05, 0.1) is 0 Å². The fraction of sp³-hybridized carbons (Fsp3) is 0.714. The van der Waals surface area contributed by atoms with E-state index in [9.17, 15) is 0 Å². The summed E-state index contributed by atoms with van der Waals surface area (Å²) in [5.41, 5.74) is 1.11. The van der Waals surface area contributed by atoms with Crippen LogP contribution in [-0.4, -0.2) is 55.1 Å². The number of aliphatic imine (C=N–C) groups is 1. The van der Waals surface area contributed by atoms with E-state index in [1.807, 2.05) is 18.3 Å². The Labute approximate surface area is 159 Å². The largest absolute Gasteiger partial charge is 0.357 e. The molecule has 1 aromatic heterocycles. The Hall–Kier alpha value is -1.62. The Morgan fingerprint density at radius 2 is 2.00 bits per heavy atom. The summed E-state index contributed by atoms with van der Waals surface area (Å²) in [5.74, 6) is 2.62. The Kier molecular flexibility index (Phi) is 9.46. The van der Waals surface area contributed by atoms with E-state index in [4.69, 9.17) is 4.99 Å². The van der Waals surface area contributed by atoms with Gasteiger partial charge in [-0.3, -0.25) is 9.98 Å². The number of guanidine groups is 1. The molecule has 2 N–H and O–H groups in total. The minimum Gasteiger partial charge on any atom is -0.357 e. The zero-order chi connectivity index (χ0) is 18.6. The summed E-state index contributed by atoms with van der Waals surface area (Å²) in [5, 5.41) is 6.74. The lowest BCUT2D eigenvalue weighted by atomic mass is 9.92. The highest BCUT2D eigenvalue weighted by molar-refractivity contribution is 5.79. The average molecular weight is 360 g/mol. The maximum absolute atomic E-state index is 4.71. The van der Waals surface area contributed by atoms with Gasteiger partial charge in [0.2, 0.25) is 0 Å². The second kappa shape index (κ2) is 11.9. The van der Waals surface area contributed by atoms with E-state index in [1.54, 1.807) is 0 Å². The van der Waals surface area contributed by atoms with Crippen molar-refractivity contribution in [2.45, 2.75) is 46.5 Å². The Bertz CT molecular complexity index is 506. The zero-order valence-electron chi connectivity index (χ0n) is 16.9. The number of rotatable bonds is 9. The Morgan fingerprint density at radius 1 is 1.19 bits per heavy atom. The van der Waals surface area contributed by atoms with Crippen LogP contribution < -0.4 is 10.6 Å². The molecule has 2 atom stereocenters. The lowest BCUT2D eigenvalue weighted by molar-refractivity contribution is 0.139. The molecule has 1 fully saturated rings. The van der Waals surface area contributed by atoms with Crippen molar-refractivity contribution in [1.82, 2.24) is 20.5 Å². The number of hydrogen-bond acceptors (Lipinski definition) is 3. The molecule has 5 nitrogen and oxygen atoms in total. The summed E-state index contributed by atoms with van der Waals surface area (Å²) in [6.45, 7) is 13.3. The molecule has 1 aliphatic heterocycles. The third kappa shape index (κ3) is 8.17. The molecule has 2 rings (SSSR count). The summed E-state index contributed by atoms with van der Waals surface area (Å²) < 4.78 is 0. The van der Waals surface area contributed by atoms with Gasteiger partial charge in [-0.25, -0.2) is 0 Å². The van der Waals surface area contributed by atoms with Crippen LogP contribution in [0.4, 0.5) is 0 Å². The number of hydrogen-bond donors (Lipinski definition) is 2. The minimum atomic E-state index is 0.848. The average Bonchev–Trinajstić information content (AvgIpc) is 2.61. The van der Waals surface area contributed by atoms with E-state index in [1.165, 1.54) is 32.5 Å². The summed E-state index contributed by atoms with van der Waals surface area (Å²) in [6, 6.07) is 6.05. The van der Waals surface area contributed by atoms with Crippen LogP contribution in [0.3, 0.4) is 0 Å². The van der Waals surface area contributed by atoms with Crippen LogP contribution in [0.15, 0.2) is 29.4 Å². The first kappa shape index (κ1) is 20.7. The quantitative estimate of drug-likeness (QED) is 0.404. The standard InChI is InChI=1S/C21H37N5/c1-4-22-21(25-13-10-20-9-5-6-11-23-20)24-12-7-8-14-26-16-18(2)15-19(3)17-26/h5-6,9,11,18-19H,4,7-8,10,12-17H2,1-3H3,(H2,22,24,25). The maximum Gasteiger partial charge on any atom is 0.191 e. The van der Waals surface area contributed by atoms with Gasteiger partial charge >= 0.3 is 0 Å². The molecule has 0 bridgehead atoms. The Morgan fingerprint density at radius 3 is 2.69 bits per heavy atom. The molecule has 1 aromatic rings. The van der Waals surface area contributed by atoms with Crippen molar-refractivity contribution in [1.29, 1.82) is 0 Å². The van der Waals surface area contributed by atoms with Gasteiger partial charge in [-0.1, -0.05) is 19.9 Å². The summed E-state index contributed by atoms with van der Waals surface area (Å²) in [6.07, 6.45) is 6.53. The van der Waals surface area contributed by atoms with Gasteiger partial charge in [-0.15, -0.1) is 0 Å².